The number of benzene rings is 1. The molecule has 0 heterocycles. The van der Waals surface area contributed by atoms with Gasteiger partial charge in [0, 0.05) is 22.6 Å². The highest BCUT2D eigenvalue weighted by molar-refractivity contribution is 6.06. The zero-order valence-electron chi connectivity index (χ0n) is 20.3. The van der Waals surface area contributed by atoms with Gasteiger partial charge >= 0.3 is 5.97 Å². The van der Waals surface area contributed by atoms with Gasteiger partial charge in [0.2, 0.25) is 5.60 Å². The highest BCUT2D eigenvalue weighted by Gasteiger charge is 2.45. The SMILES string of the molecule is C.C.C.C.COC(CC(C)C)(C(C)=O)C(=O)OCc1ccccc1.COC(CC(C)C)C(C)=O.[B]. The van der Waals surface area contributed by atoms with E-state index >= 15 is 0 Å². The minimum atomic E-state index is -1.50. The van der Waals surface area contributed by atoms with E-state index in [1.165, 1.54) is 14.0 Å². The molecule has 0 saturated heterocycles. The third kappa shape index (κ3) is 17.1. The molecule has 0 spiro atoms. The number of hydrogen-bond donors (Lipinski definition) is 0. The molecule has 1 aromatic rings. The van der Waals surface area contributed by atoms with Gasteiger partial charge in [-0.15, -0.1) is 0 Å². The molecule has 0 amide bonds. The van der Waals surface area contributed by atoms with Gasteiger partial charge in [0.1, 0.15) is 12.7 Å². The molecule has 3 radical (unpaired) electrons. The first-order chi connectivity index (χ1) is 14.0. The van der Waals surface area contributed by atoms with E-state index in [-0.39, 0.29) is 68.3 Å². The van der Waals surface area contributed by atoms with Crippen LogP contribution in [0.1, 0.15) is 89.7 Å². The molecule has 205 valence electrons. The molecule has 0 aliphatic heterocycles. The topological polar surface area (TPSA) is 78.9 Å². The van der Waals surface area contributed by atoms with Crippen molar-refractivity contribution in [1.29, 1.82) is 0 Å². The molecule has 6 nitrogen and oxygen atoms in total. The molecule has 1 aromatic carbocycles. The summed E-state index contributed by atoms with van der Waals surface area (Å²) in [5.74, 6) is -0.162. The Morgan fingerprint density at radius 2 is 1.34 bits per heavy atom. The number of ether oxygens (including phenoxy) is 3. The van der Waals surface area contributed by atoms with Crippen molar-refractivity contribution in [3.63, 3.8) is 0 Å². The van der Waals surface area contributed by atoms with E-state index in [9.17, 15) is 14.4 Å². The molecule has 0 fully saturated rings. The van der Waals surface area contributed by atoms with E-state index in [0.29, 0.717) is 12.3 Å². The quantitative estimate of drug-likeness (QED) is 0.196. The van der Waals surface area contributed by atoms with Gasteiger partial charge < -0.3 is 14.2 Å². The van der Waals surface area contributed by atoms with E-state index in [1.807, 2.05) is 44.2 Å². The molecule has 2 atom stereocenters. The number of carbonyl (C=O) groups excluding carboxylic acids is 3. The zero-order chi connectivity index (χ0) is 23.3. The smallest absolute Gasteiger partial charge is 0.346 e. The second-order valence-corrected chi connectivity index (χ2v) is 8.21. The predicted molar refractivity (Wildman–Crippen MR) is 150 cm³/mol. The molecular formula is C28H54BO6. The van der Waals surface area contributed by atoms with Gasteiger partial charge in [-0.05, 0) is 44.1 Å². The summed E-state index contributed by atoms with van der Waals surface area (Å²) in [5.41, 5.74) is -0.623. The fraction of sp³-hybridized carbons (Fsp3) is 0.679. The lowest BCUT2D eigenvalue weighted by Crippen LogP contribution is -2.49. The van der Waals surface area contributed by atoms with Crippen LogP contribution in [0.5, 0.6) is 0 Å². The van der Waals surface area contributed by atoms with Crippen LogP contribution in [0, 0.1) is 11.8 Å². The molecule has 2 unspecified atom stereocenters. The summed E-state index contributed by atoms with van der Waals surface area (Å²) in [6.07, 6.45) is 0.943. The number of rotatable bonds is 11. The Balaban J connectivity index is -0.000000123. The lowest BCUT2D eigenvalue weighted by Gasteiger charge is -2.29. The summed E-state index contributed by atoms with van der Waals surface area (Å²) in [6.45, 7) is 11.1. The maximum Gasteiger partial charge on any atom is 0.346 e. The summed E-state index contributed by atoms with van der Waals surface area (Å²) >= 11 is 0. The first-order valence-corrected chi connectivity index (χ1v) is 10.3. The number of Topliss-reactive ketones (excluding diaryl/α,β-unsaturated/α-hetero) is 2. The Bertz CT molecular complexity index is 661. The van der Waals surface area contributed by atoms with Crippen molar-refractivity contribution in [3.05, 3.63) is 35.9 Å². The number of ketones is 2. The van der Waals surface area contributed by atoms with Crippen LogP contribution < -0.4 is 0 Å². The van der Waals surface area contributed by atoms with Crippen LogP contribution in [-0.2, 0) is 35.2 Å². The summed E-state index contributed by atoms with van der Waals surface area (Å²) < 4.78 is 15.5. The highest BCUT2D eigenvalue weighted by Crippen LogP contribution is 2.24. The highest BCUT2D eigenvalue weighted by atomic mass is 16.6. The molecule has 0 aliphatic rings. The second kappa shape index (κ2) is 23.7. The summed E-state index contributed by atoms with van der Waals surface area (Å²) in [5, 5.41) is 0. The largest absolute Gasteiger partial charge is 0.458 e. The molecule has 1 rings (SSSR count). The Labute approximate surface area is 219 Å². The lowest BCUT2D eigenvalue weighted by atomic mass is 9.88. The third-order valence-electron chi connectivity index (χ3n) is 4.58. The normalized spacial score (nSPS) is 11.8. The third-order valence-corrected chi connectivity index (χ3v) is 4.58. The van der Waals surface area contributed by atoms with Gasteiger partial charge in [-0.3, -0.25) is 9.59 Å². The Hall–Kier alpha value is -1.99. The molecule has 0 aromatic heterocycles. The van der Waals surface area contributed by atoms with Crippen molar-refractivity contribution in [2.75, 3.05) is 14.2 Å². The monoisotopic (exact) mass is 497 g/mol. The average Bonchev–Trinajstić information content (AvgIpc) is 2.68. The average molecular weight is 498 g/mol. The first kappa shape index (κ1) is 46.4. The predicted octanol–water partition coefficient (Wildman–Crippen LogP) is 6.55. The van der Waals surface area contributed by atoms with Gasteiger partial charge in [-0.2, -0.15) is 0 Å². The van der Waals surface area contributed by atoms with Gasteiger partial charge in [-0.1, -0.05) is 87.7 Å². The van der Waals surface area contributed by atoms with Crippen molar-refractivity contribution in [1.82, 2.24) is 0 Å². The summed E-state index contributed by atoms with van der Waals surface area (Å²) in [6, 6.07) is 9.34. The van der Waals surface area contributed by atoms with Gasteiger partial charge in [0.15, 0.2) is 11.6 Å². The fourth-order valence-corrected chi connectivity index (χ4v) is 2.95. The van der Waals surface area contributed by atoms with E-state index < -0.39 is 11.6 Å². The number of hydrogen-bond acceptors (Lipinski definition) is 6. The van der Waals surface area contributed by atoms with Crippen LogP contribution in [0.15, 0.2) is 30.3 Å². The van der Waals surface area contributed by atoms with E-state index in [4.69, 9.17) is 14.2 Å². The van der Waals surface area contributed by atoms with Crippen molar-refractivity contribution < 1.29 is 28.6 Å². The minimum absolute atomic E-state index is 0. The Morgan fingerprint density at radius 3 is 1.63 bits per heavy atom. The Kier molecular flexibility index (Phi) is 31.5. The standard InChI is InChI=1S/C16H22O4.C8H16O2.4CH4.B/c1-12(2)10-16(19-4,13(3)17)15(18)20-11-14-8-6-5-7-9-14;1-6(2)5-8(10-4)7(3)9;;;;;/h5-9,12H,10-11H2,1-4H3;6,8H,5H2,1-4H3;4*1H4;. The maximum absolute atomic E-state index is 12.3. The van der Waals surface area contributed by atoms with Gasteiger partial charge in [0.25, 0.3) is 0 Å². The molecular weight excluding hydrogens is 443 g/mol. The summed E-state index contributed by atoms with van der Waals surface area (Å²) in [4.78, 5) is 34.9. The fourth-order valence-electron chi connectivity index (χ4n) is 2.95. The molecule has 0 bridgehead atoms. The maximum atomic E-state index is 12.3. The molecule has 0 N–H and O–H groups in total. The van der Waals surface area contributed by atoms with Crippen LogP contribution >= 0.6 is 0 Å². The molecule has 35 heavy (non-hydrogen) atoms. The van der Waals surface area contributed by atoms with E-state index in [1.54, 1.807) is 14.0 Å². The minimum Gasteiger partial charge on any atom is -0.458 e. The molecule has 0 saturated carbocycles. The van der Waals surface area contributed by atoms with Crippen molar-refractivity contribution in [3.8, 4) is 0 Å². The summed E-state index contributed by atoms with van der Waals surface area (Å²) in [7, 11) is 2.95. The number of carbonyl (C=O) groups is 3. The van der Waals surface area contributed by atoms with Crippen LogP contribution in [-0.4, -0.2) is 51.9 Å². The van der Waals surface area contributed by atoms with Crippen molar-refractivity contribution in [2.24, 2.45) is 11.8 Å². The van der Waals surface area contributed by atoms with Crippen LogP contribution in [0.25, 0.3) is 0 Å². The van der Waals surface area contributed by atoms with Gasteiger partial charge in [0.05, 0.1) is 0 Å². The number of esters is 1. The lowest BCUT2D eigenvalue weighted by molar-refractivity contribution is -0.176. The van der Waals surface area contributed by atoms with Gasteiger partial charge in [-0.25, -0.2) is 4.79 Å². The molecule has 0 aliphatic carbocycles. The first-order valence-electron chi connectivity index (χ1n) is 10.3. The van der Waals surface area contributed by atoms with Crippen LogP contribution in [0.2, 0.25) is 0 Å². The second-order valence-electron chi connectivity index (χ2n) is 8.21. The van der Waals surface area contributed by atoms with Crippen molar-refractivity contribution in [2.45, 2.75) is 102 Å². The van der Waals surface area contributed by atoms with Crippen LogP contribution in [0.3, 0.4) is 0 Å². The van der Waals surface area contributed by atoms with Crippen LogP contribution in [0.4, 0.5) is 0 Å². The number of methoxy groups -OCH3 is 2. The van der Waals surface area contributed by atoms with E-state index in [0.717, 1.165) is 12.0 Å². The Morgan fingerprint density at radius 1 is 0.857 bits per heavy atom. The molecule has 7 heteroatoms. The van der Waals surface area contributed by atoms with Crippen molar-refractivity contribution >= 4 is 25.9 Å². The van der Waals surface area contributed by atoms with E-state index in [2.05, 4.69) is 13.8 Å². The zero-order valence-corrected chi connectivity index (χ0v) is 20.3.